The lowest BCUT2D eigenvalue weighted by molar-refractivity contribution is -0.145. The number of rotatable bonds is 5. The number of carboxylic acid groups (broad SMARTS) is 1. The number of carbonyl (C=O) groups excluding carboxylic acids is 1. The number of hydrogen-bond acceptors (Lipinski definition) is 3. The summed E-state index contributed by atoms with van der Waals surface area (Å²) in [5.41, 5.74) is 0. The van der Waals surface area contributed by atoms with Gasteiger partial charge in [0.25, 0.3) is 0 Å². The highest BCUT2D eigenvalue weighted by atomic mass is 16.5. The van der Waals surface area contributed by atoms with Crippen molar-refractivity contribution >= 4 is 12.0 Å². The first kappa shape index (κ1) is 15.1. The van der Waals surface area contributed by atoms with Crippen LogP contribution in [0.5, 0.6) is 0 Å². The van der Waals surface area contributed by atoms with Gasteiger partial charge in [-0.1, -0.05) is 12.8 Å². The Balaban J connectivity index is 1.62. The van der Waals surface area contributed by atoms with Crippen LogP contribution in [0.3, 0.4) is 0 Å². The second-order valence-corrected chi connectivity index (χ2v) is 5.73. The van der Waals surface area contributed by atoms with Crippen molar-refractivity contribution in [2.24, 2.45) is 5.92 Å². The Labute approximate surface area is 119 Å². The zero-order valence-electron chi connectivity index (χ0n) is 11.8. The summed E-state index contributed by atoms with van der Waals surface area (Å²) in [4.78, 5) is 24.2. The van der Waals surface area contributed by atoms with Gasteiger partial charge in [-0.15, -0.1) is 0 Å². The summed E-state index contributed by atoms with van der Waals surface area (Å²) in [6, 6.07) is 0.00795. The van der Waals surface area contributed by atoms with Crippen molar-refractivity contribution in [3.05, 3.63) is 0 Å². The third-order valence-electron chi connectivity index (χ3n) is 4.19. The van der Waals surface area contributed by atoms with Crippen LogP contribution in [0, 0.1) is 5.92 Å². The molecule has 20 heavy (non-hydrogen) atoms. The molecule has 0 bridgehead atoms. The molecule has 114 valence electrons. The van der Waals surface area contributed by atoms with Crippen LogP contribution in [0.25, 0.3) is 0 Å². The summed E-state index contributed by atoms with van der Waals surface area (Å²) in [6.45, 7) is 1.81. The molecule has 2 aliphatic rings. The lowest BCUT2D eigenvalue weighted by atomic mass is 10.1. The van der Waals surface area contributed by atoms with E-state index in [9.17, 15) is 9.59 Å². The molecule has 0 atom stereocenters. The Kier molecular flexibility index (Phi) is 5.64. The highest BCUT2D eigenvalue weighted by molar-refractivity contribution is 5.74. The Morgan fingerprint density at radius 3 is 2.40 bits per heavy atom. The van der Waals surface area contributed by atoms with E-state index in [0.717, 1.165) is 6.54 Å². The van der Waals surface area contributed by atoms with Crippen molar-refractivity contribution in [1.82, 2.24) is 10.2 Å². The normalized spacial score (nSPS) is 21.1. The molecule has 1 aliphatic heterocycles. The van der Waals surface area contributed by atoms with Crippen molar-refractivity contribution in [2.45, 2.75) is 44.6 Å². The van der Waals surface area contributed by atoms with Gasteiger partial charge in [-0.05, 0) is 31.6 Å². The number of carboxylic acids is 1. The van der Waals surface area contributed by atoms with Crippen molar-refractivity contribution in [1.29, 1.82) is 0 Å². The minimum absolute atomic E-state index is 0.00795. The fourth-order valence-corrected chi connectivity index (χ4v) is 2.97. The van der Waals surface area contributed by atoms with Gasteiger partial charge in [0, 0.05) is 19.6 Å². The molecular formula is C14H24N2O4. The van der Waals surface area contributed by atoms with Gasteiger partial charge in [-0.2, -0.15) is 0 Å². The van der Waals surface area contributed by atoms with E-state index in [-0.39, 0.29) is 18.7 Å². The van der Waals surface area contributed by atoms with Gasteiger partial charge in [0.05, 0.1) is 6.10 Å². The molecule has 0 aromatic carbocycles. The molecule has 2 rings (SSSR count). The van der Waals surface area contributed by atoms with Crippen LogP contribution in [0.2, 0.25) is 0 Å². The first-order chi connectivity index (χ1) is 9.65. The minimum Gasteiger partial charge on any atom is -0.480 e. The third-order valence-corrected chi connectivity index (χ3v) is 4.19. The molecule has 0 spiro atoms. The summed E-state index contributed by atoms with van der Waals surface area (Å²) in [5, 5.41) is 11.6. The highest BCUT2D eigenvalue weighted by Gasteiger charge is 2.24. The van der Waals surface area contributed by atoms with Crippen molar-refractivity contribution in [3.8, 4) is 0 Å². The number of urea groups is 1. The molecule has 6 nitrogen and oxygen atoms in total. The molecule has 1 aliphatic carbocycles. The maximum atomic E-state index is 12.0. The summed E-state index contributed by atoms with van der Waals surface area (Å²) in [7, 11) is 0. The van der Waals surface area contributed by atoms with E-state index in [4.69, 9.17) is 9.84 Å². The molecule has 1 heterocycles. The third kappa shape index (κ3) is 4.67. The van der Waals surface area contributed by atoms with Crippen LogP contribution in [-0.4, -0.2) is 54.4 Å². The zero-order chi connectivity index (χ0) is 14.4. The minimum atomic E-state index is -0.943. The summed E-state index contributed by atoms with van der Waals surface area (Å²) < 4.78 is 5.26. The van der Waals surface area contributed by atoms with E-state index in [1.54, 1.807) is 4.90 Å². The SMILES string of the molecule is O=C(O)COC1CCN(C(=O)NCC2CCCC2)CC1. The van der Waals surface area contributed by atoms with Gasteiger partial charge in [0.15, 0.2) is 0 Å². The number of nitrogens with one attached hydrogen (secondary N) is 1. The zero-order valence-corrected chi connectivity index (χ0v) is 11.8. The number of amides is 2. The van der Waals surface area contributed by atoms with Crippen molar-refractivity contribution in [3.63, 3.8) is 0 Å². The number of nitrogens with zero attached hydrogens (tertiary/aromatic N) is 1. The maximum absolute atomic E-state index is 12.0. The fourth-order valence-electron chi connectivity index (χ4n) is 2.97. The monoisotopic (exact) mass is 284 g/mol. The second kappa shape index (κ2) is 7.47. The van der Waals surface area contributed by atoms with Crippen LogP contribution in [0.15, 0.2) is 0 Å². The Bertz CT molecular complexity index is 334. The molecule has 2 amide bonds. The van der Waals surface area contributed by atoms with E-state index in [2.05, 4.69) is 5.32 Å². The van der Waals surface area contributed by atoms with Crippen LogP contribution >= 0.6 is 0 Å². The van der Waals surface area contributed by atoms with E-state index in [0.29, 0.717) is 31.8 Å². The number of ether oxygens (including phenoxy) is 1. The van der Waals surface area contributed by atoms with Gasteiger partial charge >= 0.3 is 12.0 Å². The lowest BCUT2D eigenvalue weighted by Gasteiger charge is -2.32. The van der Waals surface area contributed by atoms with Crippen LogP contribution < -0.4 is 5.32 Å². The second-order valence-electron chi connectivity index (χ2n) is 5.73. The van der Waals surface area contributed by atoms with Crippen LogP contribution in [-0.2, 0) is 9.53 Å². The van der Waals surface area contributed by atoms with Crippen LogP contribution in [0.4, 0.5) is 4.79 Å². The number of carbonyl (C=O) groups is 2. The van der Waals surface area contributed by atoms with E-state index < -0.39 is 5.97 Å². The topological polar surface area (TPSA) is 78.9 Å². The first-order valence-electron chi connectivity index (χ1n) is 7.51. The Hall–Kier alpha value is -1.30. The van der Waals surface area contributed by atoms with E-state index in [1.165, 1.54) is 25.7 Å². The fraction of sp³-hybridized carbons (Fsp3) is 0.857. The summed E-state index contributed by atoms with van der Waals surface area (Å²) in [5.74, 6) is -0.294. The highest BCUT2D eigenvalue weighted by Crippen LogP contribution is 2.23. The van der Waals surface area contributed by atoms with E-state index in [1.807, 2.05) is 0 Å². The lowest BCUT2D eigenvalue weighted by Crippen LogP contribution is -2.47. The molecule has 2 fully saturated rings. The molecule has 0 aromatic heterocycles. The number of hydrogen-bond donors (Lipinski definition) is 2. The largest absolute Gasteiger partial charge is 0.480 e. The molecular weight excluding hydrogens is 260 g/mol. The molecule has 1 saturated heterocycles. The average Bonchev–Trinajstić information content (AvgIpc) is 2.96. The Morgan fingerprint density at radius 1 is 1.15 bits per heavy atom. The molecule has 6 heteroatoms. The van der Waals surface area contributed by atoms with E-state index >= 15 is 0 Å². The predicted octanol–water partition coefficient (Wildman–Crippen LogP) is 1.45. The molecule has 2 N–H and O–H groups in total. The van der Waals surface area contributed by atoms with Gasteiger partial charge in [0.1, 0.15) is 6.61 Å². The van der Waals surface area contributed by atoms with Gasteiger partial charge in [-0.3, -0.25) is 0 Å². The standard InChI is InChI=1S/C14H24N2O4/c17-13(18)10-20-12-5-7-16(8-6-12)14(19)15-9-11-3-1-2-4-11/h11-12H,1-10H2,(H,15,19)(H,17,18). The van der Waals surface area contributed by atoms with Crippen LogP contribution in [0.1, 0.15) is 38.5 Å². The summed E-state index contributed by atoms with van der Waals surface area (Å²) >= 11 is 0. The number of likely N-dealkylation sites (tertiary alicyclic amines) is 1. The molecule has 0 unspecified atom stereocenters. The average molecular weight is 284 g/mol. The molecule has 0 radical (unpaired) electrons. The summed E-state index contributed by atoms with van der Waals surface area (Å²) in [6.07, 6.45) is 6.41. The molecule has 1 saturated carbocycles. The number of piperidine rings is 1. The molecule has 0 aromatic rings. The Morgan fingerprint density at radius 2 is 1.80 bits per heavy atom. The first-order valence-corrected chi connectivity index (χ1v) is 7.51. The van der Waals surface area contributed by atoms with Gasteiger partial charge < -0.3 is 20.1 Å². The predicted molar refractivity (Wildman–Crippen MR) is 73.5 cm³/mol. The quantitative estimate of drug-likeness (QED) is 0.801. The van der Waals surface area contributed by atoms with Crippen molar-refractivity contribution < 1.29 is 19.4 Å². The maximum Gasteiger partial charge on any atom is 0.329 e. The smallest absolute Gasteiger partial charge is 0.329 e. The van der Waals surface area contributed by atoms with Crippen molar-refractivity contribution in [2.75, 3.05) is 26.2 Å². The van der Waals surface area contributed by atoms with Gasteiger partial charge in [-0.25, -0.2) is 9.59 Å². The number of aliphatic carboxylic acids is 1. The van der Waals surface area contributed by atoms with Gasteiger partial charge in [0.2, 0.25) is 0 Å².